The molecule has 9 heteroatoms. The second kappa shape index (κ2) is 9.27. The number of aromatic hydroxyl groups is 6. The van der Waals surface area contributed by atoms with E-state index in [0.717, 1.165) is 21.5 Å². The molecule has 2 heterocycles. The number of benzene rings is 6. The lowest BCUT2D eigenvalue weighted by molar-refractivity contribution is 0.102. The zero-order valence-corrected chi connectivity index (χ0v) is 22.6. The highest BCUT2D eigenvalue weighted by atomic mass is 16.6. The highest BCUT2D eigenvalue weighted by Crippen LogP contribution is 2.55. The molecule has 6 N–H and O–H groups in total. The summed E-state index contributed by atoms with van der Waals surface area (Å²) >= 11 is 0. The molecule has 6 aromatic rings. The highest BCUT2D eigenvalue weighted by molar-refractivity contribution is 6.06. The first-order valence-corrected chi connectivity index (χ1v) is 13.9. The Morgan fingerprint density at radius 2 is 0.814 bits per heavy atom. The van der Waals surface area contributed by atoms with Gasteiger partial charge in [-0.3, -0.25) is 0 Å². The van der Waals surface area contributed by atoms with Crippen molar-refractivity contribution in [2.75, 3.05) is 13.2 Å². The lowest BCUT2D eigenvalue weighted by Gasteiger charge is -2.13. The van der Waals surface area contributed by atoms with Gasteiger partial charge in [0.2, 0.25) is 11.5 Å². The van der Waals surface area contributed by atoms with E-state index in [1.54, 1.807) is 12.1 Å². The summed E-state index contributed by atoms with van der Waals surface area (Å²) in [6, 6.07) is 22.5. The molecular formula is C34H26O9. The molecule has 43 heavy (non-hydrogen) atoms. The summed E-state index contributed by atoms with van der Waals surface area (Å²) < 4.78 is 17.6. The third-order valence-electron chi connectivity index (χ3n) is 8.57. The first kappa shape index (κ1) is 25.7. The minimum absolute atomic E-state index is 0.172. The minimum atomic E-state index is -0.598. The third kappa shape index (κ3) is 3.97. The van der Waals surface area contributed by atoms with Crippen LogP contribution in [-0.4, -0.2) is 56.1 Å². The summed E-state index contributed by atoms with van der Waals surface area (Å²) in [6.45, 7) is 0.344. The van der Waals surface area contributed by atoms with Crippen molar-refractivity contribution in [2.45, 2.75) is 24.4 Å². The molecule has 0 saturated carbocycles. The van der Waals surface area contributed by atoms with Crippen molar-refractivity contribution in [3.8, 4) is 34.5 Å². The van der Waals surface area contributed by atoms with Gasteiger partial charge in [0.1, 0.15) is 24.4 Å². The fraction of sp³-hybridized carbons (Fsp3) is 0.176. The van der Waals surface area contributed by atoms with Crippen molar-refractivity contribution >= 4 is 43.1 Å². The maximum Gasteiger partial charge on any atom is 0.201 e. The molecule has 9 nitrogen and oxygen atoms in total. The van der Waals surface area contributed by atoms with Crippen LogP contribution >= 0.6 is 0 Å². The summed E-state index contributed by atoms with van der Waals surface area (Å²) in [7, 11) is 0. The van der Waals surface area contributed by atoms with Gasteiger partial charge < -0.3 is 44.8 Å². The lowest BCUT2D eigenvalue weighted by atomic mass is 9.95. The molecule has 0 amide bonds. The Hall–Kier alpha value is -4.96. The zero-order chi connectivity index (χ0) is 29.6. The lowest BCUT2D eigenvalue weighted by Crippen LogP contribution is -2.08. The standard InChI is InChI=1S/C34H26O9/c35-27-21-11-17-7-3-1-5-15(17)9-19(21)25(29(37)31(27)39)33-23(42-33)13-41-14-24-34(43-24)26-20-10-16-6-2-4-8-18(16)12-22(20)28(36)32(40)30(26)38/h1-12,23-24,33-40H,13-14H2. The first-order valence-electron chi connectivity index (χ1n) is 13.9. The Labute approximate surface area is 243 Å². The number of hydrogen-bond acceptors (Lipinski definition) is 9. The molecule has 8 rings (SSSR count). The molecule has 0 bridgehead atoms. The average Bonchev–Trinajstić information content (AvgIpc) is 3.95. The second-order valence-electron chi connectivity index (χ2n) is 11.1. The van der Waals surface area contributed by atoms with Crippen LogP contribution in [0.3, 0.4) is 0 Å². The zero-order valence-electron chi connectivity index (χ0n) is 22.6. The first-order chi connectivity index (χ1) is 20.8. The van der Waals surface area contributed by atoms with E-state index in [1.165, 1.54) is 0 Å². The van der Waals surface area contributed by atoms with Crippen molar-refractivity contribution in [2.24, 2.45) is 0 Å². The average molecular weight is 579 g/mol. The van der Waals surface area contributed by atoms with Crippen LogP contribution in [0.5, 0.6) is 34.5 Å². The van der Waals surface area contributed by atoms with Crippen molar-refractivity contribution in [1.82, 2.24) is 0 Å². The molecule has 2 aliphatic rings. The van der Waals surface area contributed by atoms with E-state index < -0.39 is 58.9 Å². The van der Waals surface area contributed by atoms with Gasteiger partial charge in [-0.1, -0.05) is 48.5 Å². The summed E-state index contributed by atoms with van der Waals surface area (Å²) in [5, 5.41) is 69.1. The van der Waals surface area contributed by atoms with Gasteiger partial charge in [0.15, 0.2) is 23.0 Å². The van der Waals surface area contributed by atoms with Gasteiger partial charge in [-0.25, -0.2) is 0 Å². The predicted molar refractivity (Wildman–Crippen MR) is 159 cm³/mol. The van der Waals surface area contributed by atoms with Gasteiger partial charge in [0.25, 0.3) is 0 Å². The molecule has 0 aliphatic carbocycles. The van der Waals surface area contributed by atoms with Crippen LogP contribution in [-0.2, 0) is 14.2 Å². The van der Waals surface area contributed by atoms with Crippen LogP contribution in [0.25, 0.3) is 43.1 Å². The number of hydrogen-bond donors (Lipinski definition) is 6. The van der Waals surface area contributed by atoms with Crippen LogP contribution in [0, 0.1) is 0 Å². The van der Waals surface area contributed by atoms with E-state index in [9.17, 15) is 30.6 Å². The Balaban J connectivity index is 1.01. The van der Waals surface area contributed by atoms with Crippen LogP contribution in [0.1, 0.15) is 23.3 Å². The van der Waals surface area contributed by atoms with Crippen LogP contribution < -0.4 is 0 Å². The number of phenolic OH excluding ortho intramolecular Hbond substituents is 6. The number of rotatable bonds is 6. The molecule has 2 aliphatic heterocycles. The summed E-state index contributed by atoms with van der Waals surface area (Å²) in [6.07, 6.45) is -1.91. The normalized spacial score (nSPS) is 21.2. The minimum Gasteiger partial charge on any atom is -0.504 e. The van der Waals surface area contributed by atoms with Gasteiger partial charge in [0.05, 0.1) is 13.2 Å². The van der Waals surface area contributed by atoms with Gasteiger partial charge in [-0.15, -0.1) is 0 Å². The third-order valence-corrected chi connectivity index (χ3v) is 8.57. The Bertz CT molecular complexity index is 1970. The van der Waals surface area contributed by atoms with E-state index in [4.69, 9.17) is 14.2 Å². The summed E-state index contributed by atoms with van der Waals surface area (Å²) in [4.78, 5) is 0. The van der Waals surface area contributed by atoms with Crippen LogP contribution in [0.2, 0.25) is 0 Å². The van der Waals surface area contributed by atoms with Gasteiger partial charge in [-0.2, -0.15) is 0 Å². The number of phenols is 6. The molecule has 6 aromatic carbocycles. The summed E-state index contributed by atoms with van der Waals surface area (Å²) in [5.74, 6) is -2.84. The van der Waals surface area contributed by atoms with Crippen molar-refractivity contribution in [1.29, 1.82) is 0 Å². The topological polar surface area (TPSA) is 156 Å². The summed E-state index contributed by atoms with van der Waals surface area (Å²) in [5.41, 5.74) is 0.766. The number of ether oxygens (including phenoxy) is 3. The van der Waals surface area contributed by atoms with Gasteiger partial charge in [-0.05, 0) is 56.6 Å². The van der Waals surface area contributed by atoms with E-state index in [0.29, 0.717) is 32.7 Å². The fourth-order valence-corrected chi connectivity index (χ4v) is 6.23. The predicted octanol–water partition coefficient (Wildman–Crippen LogP) is 6.13. The Kier molecular flexibility index (Phi) is 5.55. The van der Waals surface area contributed by atoms with Crippen LogP contribution in [0.4, 0.5) is 0 Å². The molecule has 0 aromatic heterocycles. The smallest absolute Gasteiger partial charge is 0.201 e. The molecule has 2 saturated heterocycles. The Morgan fingerprint density at radius 1 is 0.465 bits per heavy atom. The quantitative estimate of drug-likeness (QED) is 0.0778. The monoisotopic (exact) mass is 578 g/mol. The van der Waals surface area contributed by atoms with Gasteiger partial charge >= 0.3 is 0 Å². The van der Waals surface area contributed by atoms with Crippen molar-refractivity contribution in [3.63, 3.8) is 0 Å². The van der Waals surface area contributed by atoms with E-state index in [1.807, 2.05) is 60.7 Å². The van der Waals surface area contributed by atoms with E-state index in [2.05, 4.69) is 0 Å². The second-order valence-corrected chi connectivity index (χ2v) is 11.1. The molecular weight excluding hydrogens is 552 g/mol. The number of epoxide rings is 2. The SMILES string of the molecule is Oc1c(O)c(C2OC2COCC2OC2c2c(O)c(O)c(O)c3cc4ccccc4cc23)c2cc3ccccc3cc2c1O. The largest absolute Gasteiger partial charge is 0.504 e. The van der Waals surface area contributed by atoms with E-state index >= 15 is 0 Å². The molecule has 2 fully saturated rings. The molecule has 216 valence electrons. The Morgan fingerprint density at radius 3 is 1.19 bits per heavy atom. The molecule has 4 unspecified atom stereocenters. The molecule has 0 spiro atoms. The number of fused-ring (bicyclic) bond motifs is 4. The maximum atomic E-state index is 10.8. The fourth-order valence-electron chi connectivity index (χ4n) is 6.23. The van der Waals surface area contributed by atoms with Crippen LogP contribution in [0.15, 0.2) is 72.8 Å². The molecule has 0 radical (unpaired) electrons. The van der Waals surface area contributed by atoms with Gasteiger partial charge in [0, 0.05) is 21.9 Å². The van der Waals surface area contributed by atoms with Crippen molar-refractivity contribution < 1.29 is 44.8 Å². The highest BCUT2D eigenvalue weighted by Gasteiger charge is 2.47. The van der Waals surface area contributed by atoms with E-state index in [-0.39, 0.29) is 13.2 Å². The van der Waals surface area contributed by atoms with Crippen molar-refractivity contribution in [3.05, 3.63) is 83.9 Å². The molecule has 4 atom stereocenters. The maximum absolute atomic E-state index is 10.8.